The number of pyridine rings is 1. The molecule has 0 saturated carbocycles. The molecule has 2 rings (SSSR count). The Labute approximate surface area is 121 Å². The van der Waals surface area contributed by atoms with Crippen molar-refractivity contribution in [3.63, 3.8) is 0 Å². The van der Waals surface area contributed by atoms with Crippen molar-refractivity contribution in [1.29, 1.82) is 0 Å². The number of hydrogen-bond donors (Lipinski definition) is 0. The standard InChI is InChI=1S/C13H17ClF3N3/c1-10-6-11(8-14)7-12(18-10)20-4-2-19(3-5-20)9-13(15,16)17/h6-7H,2-5,8-9H2,1H3. The highest BCUT2D eigenvalue weighted by Gasteiger charge is 2.32. The summed E-state index contributed by atoms with van der Waals surface area (Å²) in [5, 5.41) is 0. The number of hydrogen-bond acceptors (Lipinski definition) is 3. The molecular formula is C13H17ClF3N3. The molecule has 1 saturated heterocycles. The third-order valence-electron chi connectivity index (χ3n) is 3.25. The van der Waals surface area contributed by atoms with Crippen LogP contribution in [-0.2, 0) is 5.88 Å². The van der Waals surface area contributed by atoms with E-state index in [1.807, 2.05) is 24.0 Å². The molecule has 0 aromatic carbocycles. The highest BCUT2D eigenvalue weighted by Crippen LogP contribution is 2.21. The van der Waals surface area contributed by atoms with E-state index in [2.05, 4.69) is 4.98 Å². The number of aromatic nitrogens is 1. The molecule has 0 aliphatic carbocycles. The molecule has 2 heterocycles. The summed E-state index contributed by atoms with van der Waals surface area (Å²) in [6.07, 6.45) is -4.13. The average Bonchev–Trinajstić information content (AvgIpc) is 2.37. The zero-order valence-corrected chi connectivity index (χ0v) is 12.0. The maximum absolute atomic E-state index is 12.3. The Hall–Kier alpha value is -1.01. The van der Waals surface area contributed by atoms with Gasteiger partial charge in [-0.15, -0.1) is 11.6 Å². The molecule has 0 bridgehead atoms. The fourth-order valence-electron chi connectivity index (χ4n) is 2.35. The van der Waals surface area contributed by atoms with Crippen molar-refractivity contribution in [2.75, 3.05) is 37.6 Å². The quantitative estimate of drug-likeness (QED) is 0.801. The van der Waals surface area contributed by atoms with E-state index >= 15 is 0 Å². The van der Waals surface area contributed by atoms with Crippen LogP contribution in [0.3, 0.4) is 0 Å². The largest absolute Gasteiger partial charge is 0.401 e. The van der Waals surface area contributed by atoms with E-state index in [0.29, 0.717) is 32.1 Å². The van der Waals surface area contributed by atoms with E-state index in [1.54, 1.807) is 0 Å². The van der Waals surface area contributed by atoms with Gasteiger partial charge in [-0.3, -0.25) is 4.90 Å². The fraction of sp³-hybridized carbons (Fsp3) is 0.615. The van der Waals surface area contributed by atoms with E-state index in [4.69, 9.17) is 11.6 Å². The van der Waals surface area contributed by atoms with Crippen molar-refractivity contribution in [3.05, 3.63) is 23.4 Å². The highest BCUT2D eigenvalue weighted by atomic mass is 35.5. The lowest BCUT2D eigenvalue weighted by Gasteiger charge is -2.35. The summed E-state index contributed by atoms with van der Waals surface area (Å²) in [5.41, 5.74) is 1.85. The molecule has 0 unspecified atom stereocenters. The topological polar surface area (TPSA) is 19.4 Å². The van der Waals surface area contributed by atoms with Crippen molar-refractivity contribution in [2.24, 2.45) is 0 Å². The monoisotopic (exact) mass is 307 g/mol. The first-order chi connectivity index (χ1) is 9.37. The van der Waals surface area contributed by atoms with E-state index in [0.717, 1.165) is 17.1 Å². The van der Waals surface area contributed by atoms with E-state index in [1.165, 1.54) is 4.90 Å². The number of piperazine rings is 1. The Morgan fingerprint density at radius 3 is 2.40 bits per heavy atom. The van der Waals surface area contributed by atoms with Crippen LogP contribution in [0, 0.1) is 6.92 Å². The van der Waals surface area contributed by atoms with Gasteiger partial charge in [0.25, 0.3) is 0 Å². The molecule has 20 heavy (non-hydrogen) atoms. The third-order valence-corrected chi connectivity index (χ3v) is 3.56. The minimum atomic E-state index is -4.13. The van der Waals surface area contributed by atoms with Crippen LogP contribution in [0.4, 0.5) is 19.0 Å². The van der Waals surface area contributed by atoms with E-state index in [9.17, 15) is 13.2 Å². The minimum absolute atomic E-state index is 0.394. The summed E-state index contributed by atoms with van der Waals surface area (Å²) in [5.74, 6) is 1.21. The molecule has 1 aliphatic rings. The van der Waals surface area contributed by atoms with Crippen LogP contribution in [-0.4, -0.2) is 48.8 Å². The Morgan fingerprint density at radius 2 is 1.85 bits per heavy atom. The second-order valence-electron chi connectivity index (χ2n) is 4.99. The number of alkyl halides is 4. The first-order valence-electron chi connectivity index (χ1n) is 6.45. The lowest BCUT2D eigenvalue weighted by atomic mass is 10.2. The smallest absolute Gasteiger partial charge is 0.354 e. The maximum atomic E-state index is 12.3. The molecule has 0 N–H and O–H groups in total. The molecule has 0 amide bonds. The number of rotatable bonds is 3. The average molecular weight is 308 g/mol. The normalized spacial score (nSPS) is 17.6. The maximum Gasteiger partial charge on any atom is 0.401 e. The van der Waals surface area contributed by atoms with Crippen LogP contribution in [0.15, 0.2) is 12.1 Å². The lowest BCUT2D eigenvalue weighted by molar-refractivity contribution is -0.146. The summed E-state index contributed by atoms with van der Waals surface area (Å²) >= 11 is 5.83. The Bertz CT molecular complexity index is 457. The number of aryl methyl sites for hydroxylation is 1. The summed E-state index contributed by atoms with van der Waals surface area (Å²) in [6.45, 7) is 2.94. The van der Waals surface area contributed by atoms with Gasteiger partial charge < -0.3 is 4.90 Å². The van der Waals surface area contributed by atoms with Gasteiger partial charge in [-0.1, -0.05) is 0 Å². The Balaban J connectivity index is 1.98. The second kappa shape index (κ2) is 6.18. The molecular weight excluding hydrogens is 291 g/mol. The summed E-state index contributed by atoms with van der Waals surface area (Å²) in [4.78, 5) is 7.87. The molecule has 1 fully saturated rings. The zero-order chi connectivity index (χ0) is 14.8. The van der Waals surface area contributed by atoms with Crippen LogP contribution in [0.25, 0.3) is 0 Å². The first kappa shape index (κ1) is 15.4. The second-order valence-corrected chi connectivity index (χ2v) is 5.25. The van der Waals surface area contributed by atoms with Crippen LogP contribution >= 0.6 is 11.6 Å². The molecule has 1 aromatic rings. The van der Waals surface area contributed by atoms with Gasteiger partial charge in [0.15, 0.2) is 0 Å². The molecule has 0 spiro atoms. The van der Waals surface area contributed by atoms with Gasteiger partial charge >= 0.3 is 6.18 Å². The molecule has 112 valence electrons. The van der Waals surface area contributed by atoms with Crippen LogP contribution in [0.1, 0.15) is 11.3 Å². The molecule has 3 nitrogen and oxygen atoms in total. The van der Waals surface area contributed by atoms with Gasteiger partial charge in [0.05, 0.1) is 6.54 Å². The summed E-state index contributed by atoms with van der Waals surface area (Å²) < 4.78 is 37.0. The molecule has 0 radical (unpaired) electrons. The summed E-state index contributed by atoms with van der Waals surface area (Å²) in [7, 11) is 0. The van der Waals surface area contributed by atoms with Crippen LogP contribution in [0.2, 0.25) is 0 Å². The first-order valence-corrected chi connectivity index (χ1v) is 6.98. The van der Waals surface area contributed by atoms with Crippen molar-refractivity contribution < 1.29 is 13.2 Å². The minimum Gasteiger partial charge on any atom is -0.354 e. The Morgan fingerprint density at radius 1 is 1.20 bits per heavy atom. The van der Waals surface area contributed by atoms with Gasteiger partial charge in [-0.05, 0) is 24.6 Å². The van der Waals surface area contributed by atoms with Gasteiger partial charge in [0, 0.05) is 37.8 Å². The SMILES string of the molecule is Cc1cc(CCl)cc(N2CCN(CC(F)(F)F)CC2)n1. The fourth-order valence-corrected chi connectivity index (χ4v) is 2.50. The van der Waals surface area contributed by atoms with Crippen molar-refractivity contribution in [3.8, 4) is 0 Å². The van der Waals surface area contributed by atoms with Gasteiger partial charge in [0.2, 0.25) is 0 Å². The summed E-state index contributed by atoms with van der Waals surface area (Å²) in [6, 6.07) is 3.82. The molecule has 1 aromatic heterocycles. The molecule has 0 atom stereocenters. The van der Waals surface area contributed by atoms with Crippen LogP contribution in [0.5, 0.6) is 0 Å². The van der Waals surface area contributed by atoms with Gasteiger partial charge in [-0.2, -0.15) is 13.2 Å². The predicted octanol–water partition coefficient (Wildman–Crippen LogP) is 2.81. The molecule has 7 heteroatoms. The predicted molar refractivity (Wildman–Crippen MR) is 73.2 cm³/mol. The van der Waals surface area contributed by atoms with E-state index < -0.39 is 12.7 Å². The van der Waals surface area contributed by atoms with Gasteiger partial charge in [-0.25, -0.2) is 4.98 Å². The van der Waals surface area contributed by atoms with Gasteiger partial charge in [0.1, 0.15) is 5.82 Å². The van der Waals surface area contributed by atoms with Crippen molar-refractivity contribution in [1.82, 2.24) is 9.88 Å². The zero-order valence-electron chi connectivity index (χ0n) is 11.3. The number of nitrogens with zero attached hydrogens (tertiary/aromatic N) is 3. The van der Waals surface area contributed by atoms with Crippen molar-refractivity contribution >= 4 is 17.4 Å². The number of halogens is 4. The number of anilines is 1. The van der Waals surface area contributed by atoms with Crippen LogP contribution < -0.4 is 4.90 Å². The lowest BCUT2D eigenvalue weighted by Crippen LogP contribution is -2.49. The molecule has 1 aliphatic heterocycles. The highest BCUT2D eigenvalue weighted by molar-refractivity contribution is 6.17. The third kappa shape index (κ3) is 4.24. The van der Waals surface area contributed by atoms with Crippen molar-refractivity contribution in [2.45, 2.75) is 19.0 Å². The van der Waals surface area contributed by atoms with E-state index in [-0.39, 0.29) is 0 Å². The Kier molecular flexibility index (Phi) is 4.75.